The van der Waals surface area contributed by atoms with E-state index in [0.29, 0.717) is 11.3 Å². The van der Waals surface area contributed by atoms with Gasteiger partial charge >= 0.3 is 0 Å². The first-order valence-electron chi connectivity index (χ1n) is 12.6. The van der Waals surface area contributed by atoms with Crippen molar-refractivity contribution in [3.63, 3.8) is 0 Å². The molecule has 3 nitrogen and oxygen atoms in total. The van der Waals surface area contributed by atoms with Crippen LogP contribution in [0.25, 0.3) is 0 Å². The number of aliphatic hydroxyl groups excluding tert-OH is 1. The molecule has 0 aromatic carbocycles. The fourth-order valence-corrected chi connectivity index (χ4v) is 8.98. The molecular formula is C26H44O3. The molecule has 0 bridgehead atoms. The first kappa shape index (κ1) is 20.8. The van der Waals surface area contributed by atoms with Gasteiger partial charge in [0.2, 0.25) is 0 Å². The van der Waals surface area contributed by atoms with Gasteiger partial charge in [-0.15, -0.1) is 0 Å². The predicted molar refractivity (Wildman–Crippen MR) is 115 cm³/mol. The maximum atomic E-state index is 10.7. The second kappa shape index (κ2) is 6.69. The highest BCUT2D eigenvalue weighted by atomic mass is 16.7. The van der Waals surface area contributed by atoms with Gasteiger partial charge in [-0.05, 0) is 80.0 Å². The molecule has 1 heterocycles. The summed E-state index contributed by atoms with van der Waals surface area (Å²) in [5.74, 6) is 3.30. The Morgan fingerprint density at radius 1 is 0.897 bits per heavy atom. The summed E-state index contributed by atoms with van der Waals surface area (Å²) in [6, 6.07) is 0. The molecule has 0 unspecified atom stereocenters. The SMILES string of the molecule is CC[C@H]1C[C@@]2(C)[C@@H](CC[C@@H]3[C@@H]2CC[C@@]2(C)[C@H]3CCC23OCC(C)(C)CO3)C[C@@H]1O. The fraction of sp³-hybridized carbons (Fsp3) is 1.00. The second-order valence-corrected chi connectivity index (χ2v) is 12.8. The van der Waals surface area contributed by atoms with Gasteiger partial charge in [0.05, 0.1) is 19.3 Å². The van der Waals surface area contributed by atoms with Crippen molar-refractivity contribution in [3.05, 3.63) is 0 Å². The van der Waals surface area contributed by atoms with Crippen molar-refractivity contribution in [1.82, 2.24) is 0 Å². The number of hydrogen-bond acceptors (Lipinski definition) is 3. The number of ether oxygens (including phenoxy) is 2. The largest absolute Gasteiger partial charge is 0.393 e. The standard InChI is InChI=1S/C26H44O3/c1-6-17-14-24(4)18(13-22(17)27)7-8-19-20(24)9-11-25(5)21(19)10-12-26(25)28-15-23(2,3)16-29-26/h17-22,27H,6-16H2,1-5H3/t17-,18-,19+,20-,21-,22-,24-,25-/m0/s1. The number of aliphatic hydroxyl groups is 1. The molecule has 3 heteroatoms. The van der Waals surface area contributed by atoms with E-state index in [2.05, 4.69) is 34.6 Å². The van der Waals surface area contributed by atoms with Gasteiger partial charge in [0.15, 0.2) is 5.79 Å². The molecule has 1 aliphatic heterocycles. The lowest BCUT2D eigenvalue weighted by Gasteiger charge is -2.63. The van der Waals surface area contributed by atoms with Gasteiger partial charge in [0.25, 0.3) is 0 Å². The van der Waals surface area contributed by atoms with E-state index >= 15 is 0 Å². The van der Waals surface area contributed by atoms with Crippen LogP contribution in [0.15, 0.2) is 0 Å². The van der Waals surface area contributed by atoms with Crippen molar-refractivity contribution < 1.29 is 14.6 Å². The van der Waals surface area contributed by atoms with Crippen LogP contribution < -0.4 is 0 Å². The third-order valence-electron chi connectivity index (χ3n) is 10.8. The van der Waals surface area contributed by atoms with Gasteiger partial charge in [-0.25, -0.2) is 0 Å². The van der Waals surface area contributed by atoms with Crippen LogP contribution >= 0.6 is 0 Å². The summed E-state index contributed by atoms with van der Waals surface area (Å²) >= 11 is 0. The highest BCUT2D eigenvalue weighted by molar-refractivity contribution is 5.13. The highest BCUT2D eigenvalue weighted by Gasteiger charge is 2.67. The van der Waals surface area contributed by atoms with Gasteiger partial charge in [0.1, 0.15) is 0 Å². The third-order valence-corrected chi connectivity index (χ3v) is 10.8. The minimum absolute atomic E-state index is 0.0642. The van der Waals surface area contributed by atoms with E-state index < -0.39 is 0 Å². The molecule has 0 aromatic rings. The Hall–Kier alpha value is -0.120. The molecule has 8 atom stereocenters. The normalized spacial score (nSPS) is 53.2. The lowest BCUT2D eigenvalue weighted by Crippen LogP contribution is -2.60. The average molecular weight is 405 g/mol. The first-order chi connectivity index (χ1) is 13.6. The van der Waals surface area contributed by atoms with Crippen molar-refractivity contribution in [1.29, 1.82) is 0 Å². The molecule has 4 saturated carbocycles. The van der Waals surface area contributed by atoms with Gasteiger partial charge < -0.3 is 14.6 Å². The summed E-state index contributed by atoms with van der Waals surface area (Å²) in [4.78, 5) is 0. The Labute approximate surface area is 178 Å². The molecule has 5 aliphatic rings. The van der Waals surface area contributed by atoms with Gasteiger partial charge in [-0.3, -0.25) is 0 Å². The maximum absolute atomic E-state index is 10.7. The fourth-order valence-electron chi connectivity index (χ4n) is 8.98. The van der Waals surface area contributed by atoms with Crippen LogP contribution in [-0.2, 0) is 9.47 Å². The number of hydrogen-bond donors (Lipinski definition) is 1. The summed E-state index contributed by atoms with van der Waals surface area (Å²) in [5.41, 5.74) is 0.739. The lowest BCUT2D eigenvalue weighted by atomic mass is 9.44. The molecule has 1 N–H and O–H groups in total. The molecule has 166 valence electrons. The van der Waals surface area contributed by atoms with Crippen molar-refractivity contribution in [2.24, 2.45) is 45.8 Å². The Bertz CT molecular complexity index is 634. The van der Waals surface area contributed by atoms with Crippen LogP contribution in [-0.4, -0.2) is 30.2 Å². The van der Waals surface area contributed by atoms with Crippen LogP contribution in [0.1, 0.15) is 92.4 Å². The second-order valence-electron chi connectivity index (χ2n) is 12.8. The average Bonchev–Trinajstić information content (AvgIpc) is 2.97. The Morgan fingerprint density at radius 3 is 2.28 bits per heavy atom. The van der Waals surface area contributed by atoms with Crippen molar-refractivity contribution in [2.75, 3.05) is 13.2 Å². The molecule has 0 aromatic heterocycles. The van der Waals surface area contributed by atoms with E-state index in [0.717, 1.165) is 56.1 Å². The van der Waals surface area contributed by atoms with Gasteiger partial charge in [-0.1, -0.05) is 41.0 Å². The summed E-state index contributed by atoms with van der Waals surface area (Å²) in [6.45, 7) is 13.6. The van der Waals surface area contributed by atoms with E-state index in [9.17, 15) is 5.11 Å². The van der Waals surface area contributed by atoms with Crippen LogP contribution in [0.5, 0.6) is 0 Å². The van der Waals surface area contributed by atoms with Crippen molar-refractivity contribution in [2.45, 2.75) is 104 Å². The van der Waals surface area contributed by atoms with Crippen LogP contribution in [0, 0.1) is 45.8 Å². The molecule has 4 aliphatic carbocycles. The summed E-state index contributed by atoms with van der Waals surface area (Å²) < 4.78 is 13.2. The van der Waals surface area contributed by atoms with Crippen LogP contribution in [0.3, 0.4) is 0 Å². The third kappa shape index (κ3) is 2.85. The van der Waals surface area contributed by atoms with E-state index in [1.807, 2.05) is 0 Å². The Balaban J connectivity index is 1.41. The Kier molecular flexibility index (Phi) is 4.79. The topological polar surface area (TPSA) is 38.7 Å². The molecule has 0 radical (unpaired) electrons. The minimum atomic E-state index is -0.329. The first-order valence-corrected chi connectivity index (χ1v) is 12.6. The molecule has 0 amide bonds. The van der Waals surface area contributed by atoms with Crippen LogP contribution in [0.2, 0.25) is 0 Å². The number of rotatable bonds is 1. The molecule has 1 saturated heterocycles. The summed E-state index contributed by atoms with van der Waals surface area (Å²) in [6.07, 6.45) is 11.0. The minimum Gasteiger partial charge on any atom is -0.393 e. The zero-order valence-corrected chi connectivity index (χ0v) is 19.5. The predicted octanol–water partition coefficient (Wildman–Crippen LogP) is 5.80. The zero-order valence-electron chi connectivity index (χ0n) is 19.5. The lowest BCUT2D eigenvalue weighted by molar-refractivity contribution is -0.348. The van der Waals surface area contributed by atoms with Crippen LogP contribution in [0.4, 0.5) is 0 Å². The highest BCUT2D eigenvalue weighted by Crippen LogP contribution is 2.70. The summed E-state index contributed by atoms with van der Waals surface area (Å²) in [7, 11) is 0. The quantitative estimate of drug-likeness (QED) is 0.601. The molecular weight excluding hydrogens is 360 g/mol. The van der Waals surface area contributed by atoms with Crippen molar-refractivity contribution >= 4 is 0 Å². The van der Waals surface area contributed by atoms with Gasteiger partial charge in [-0.2, -0.15) is 0 Å². The molecule has 5 rings (SSSR count). The van der Waals surface area contributed by atoms with Crippen molar-refractivity contribution in [3.8, 4) is 0 Å². The number of fused-ring (bicyclic) bond motifs is 6. The Morgan fingerprint density at radius 2 is 1.59 bits per heavy atom. The smallest absolute Gasteiger partial charge is 0.173 e. The summed E-state index contributed by atoms with van der Waals surface area (Å²) in [5, 5.41) is 10.7. The zero-order chi connectivity index (χ0) is 20.7. The van der Waals surface area contributed by atoms with E-state index in [1.165, 1.54) is 38.5 Å². The van der Waals surface area contributed by atoms with E-state index in [4.69, 9.17) is 9.47 Å². The van der Waals surface area contributed by atoms with E-state index in [1.54, 1.807) is 0 Å². The molecule has 29 heavy (non-hydrogen) atoms. The monoisotopic (exact) mass is 404 g/mol. The maximum Gasteiger partial charge on any atom is 0.173 e. The molecule has 1 spiro atoms. The van der Waals surface area contributed by atoms with E-state index in [-0.39, 0.29) is 22.7 Å². The molecule has 5 fully saturated rings. The van der Waals surface area contributed by atoms with Gasteiger partial charge in [0, 0.05) is 17.3 Å².